The number of hydrogen-bond acceptors (Lipinski definition) is 4. The van der Waals surface area contributed by atoms with Gasteiger partial charge in [-0.05, 0) is 73.2 Å². The van der Waals surface area contributed by atoms with Crippen molar-refractivity contribution in [3.63, 3.8) is 0 Å². The first-order valence-corrected chi connectivity index (χ1v) is 13.2. The molecule has 0 bridgehead atoms. The minimum Gasteiger partial charge on any atom is -0.406 e. The van der Waals surface area contributed by atoms with Crippen molar-refractivity contribution in [2.75, 3.05) is 24.5 Å². The number of nitrogens with zero attached hydrogens (tertiary/aromatic N) is 4. The second-order valence-electron chi connectivity index (χ2n) is 9.54. The fourth-order valence-electron chi connectivity index (χ4n) is 5.08. The van der Waals surface area contributed by atoms with Gasteiger partial charge in [-0.3, -0.25) is 9.20 Å². The van der Waals surface area contributed by atoms with Gasteiger partial charge < -0.3 is 14.5 Å². The van der Waals surface area contributed by atoms with E-state index in [2.05, 4.69) is 26.8 Å². The number of amides is 1. The fourth-order valence-corrected chi connectivity index (χ4v) is 5.34. The van der Waals surface area contributed by atoms with Crippen LogP contribution in [0.1, 0.15) is 47.3 Å². The molecule has 3 heterocycles. The Morgan fingerprint density at radius 2 is 1.74 bits per heavy atom. The van der Waals surface area contributed by atoms with Gasteiger partial charge in [0.15, 0.2) is 10.8 Å². The number of halogens is 4. The first-order chi connectivity index (χ1) is 18.7. The van der Waals surface area contributed by atoms with E-state index in [1.807, 2.05) is 37.3 Å². The van der Waals surface area contributed by atoms with Gasteiger partial charge in [-0.1, -0.05) is 41.9 Å². The van der Waals surface area contributed by atoms with Crippen LogP contribution < -0.4 is 9.64 Å². The molecule has 0 spiro atoms. The SMILES string of the molecule is CCN(Cc1ccc(N2CCC(c3ccc(OC(F)(F)F)cc3)CC2)cc1)C(=O)c1c(Cl)nc2ccccn12. The summed E-state index contributed by atoms with van der Waals surface area (Å²) in [6.07, 6.45) is -1.10. The Bertz CT molecular complexity index is 1430. The van der Waals surface area contributed by atoms with Crippen LogP contribution in [0.4, 0.5) is 18.9 Å². The van der Waals surface area contributed by atoms with E-state index in [4.69, 9.17) is 11.6 Å². The molecule has 1 saturated heterocycles. The zero-order chi connectivity index (χ0) is 27.6. The predicted molar refractivity (Wildman–Crippen MR) is 144 cm³/mol. The number of ether oxygens (including phenoxy) is 1. The lowest BCUT2D eigenvalue weighted by molar-refractivity contribution is -0.274. The zero-order valence-electron chi connectivity index (χ0n) is 21.4. The van der Waals surface area contributed by atoms with Gasteiger partial charge in [-0.15, -0.1) is 13.2 Å². The highest BCUT2D eigenvalue weighted by Gasteiger charge is 2.31. The fraction of sp³-hybridized carbons (Fsp3) is 0.310. The summed E-state index contributed by atoms with van der Waals surface area (Å²) < 4.78 is 42.9. The molecule has 0 aliphatic carbocycles. The van der Waals surface area contributed by atoms with Gasteiger partial charge in [0.25, 0.3) is 5.91 Å². The first-order valence-electron chi connectivity index (χ1n) is 12.8. The van der Waals surface area contributed by atoms with Gasteiger partial charge in [0.05, 0.1) is 0 Å². The summed E-state index contributed by atoms with van der Waals surface area (Å²) in [5.41, 5.74) is 4.12. The largest absolute Gasteiger partial charge is 0.573 e. The van der Waals surface area contributed by atoms with E-state index in [1.165, 1.54) is 12.1 Å². The molecule has 6 nitrogen and oxygen atoms in total. The van der Waals surface area contributed by atoms with E-state index in [0.29, 0.717) is 24.4 Å². The van der Waals surface area contributed by atoms with Crippen molar-refractivity contribution in [2.45, 2.75) is 38.6 Å². The maximum atomic E-state index is 13.3. The maximum Gasteiger partial charge on any atom is 0.573 e. The second-order valence-corrected chi connectivity index (χ2v) is 9.90. The number of alkyl halides is 3. The molecule has 1 aliphatic heterocycles. The van der Waals surface area contributed by atoms with Crippen molar-refractivity contribution >= 4 is 28.8 Å². The maximum absolute atomic E-state index is 13.3. The van der Waals surface area contributed by atoms with Crippen molar-refractivity contribution in [3.8, 4) is 5.75 Å². The summed E-state index contributed by atoms with van der Waals surface area (Å²) in [4.78, 5) is 21.7. The molecule has 204 valence electrons. The lowest BCUT2D eigenvalue weighted by Crippen LogP contribution is -2.33. The molecule has 0 atom stereocenters. The minimum atomic E-state index is -4.68. The number of imidazole rings is 1. The second kappa shape index (κ2) is 11.2. The first kappa shape index (κ1) is 26.9. The van der Waals surface area contributed by atoms with Crippen LogP contribution in [-0.4, -0.2) is 46.2 Å². The Balaban J connectivity index is 1.19. The van der Waals surface area contributed by atoms with Crippen LogP contribution in [-0.2, 0) is 6.54 Å². The van der Waals surface area contributed by atoms with Crippen molar-refractivity contribution < 1.29 is 22.7 Å². The molecule has 1 amide bonds. The van der Waals surface area contributed by atoms with Crippen LogP contribution in [0, 0.1) is 0 Å². The highest BCUT2D eigenvalue weighted by Crippen LogP contribution is 2.32. The van der Waals surface area contributed by atoms with E-state index in [0.717, 1.165) is 42.7 Å². The minimum absolute atomic E-state index is 0.176. The standard InChI is InChI=1S/C29H28ClF3N4O2/c1-2-35(28(38)26-27(30)34-25-5-3-4-16-37(25)26)19-20-6-10-23(11-7-20)36-17-14-22(15-18-36)21-8-12-24(13-9-21)39-29(31,32)33/h3-13,16,22H,2,14-15,17-19H2,1H3. The molecular formula is C29H28ClF3N4O2. The smallest absolute Gasteiger partial charge is 0.406 e. The molecule has 39 heavy (non-hydrogen) atoms. The number of carbonyl (C=O) groups excluding carboxylic acids is 1. The summed E-state index contributed by atoms with van der Waals surface area (Å²) in [5, 5.41) is 0.189. The molecule has 0 saturated carbocycles. The average molecular weight is 557 g/mol. The number of hydrogen-bond donors (Lipinski definition) is 0. The number of carbonyl (C=O) groups is 1. The number of aromatic nitrogens is 2. The third kappa shape index (κ3) is 6.14. The molecule has 0 radical (unpaired) electrons. The van der Waals surface area contributed by atoms with Gasteiger partial charge in [0, 0.05) is 38.1 Å². The Hall–Kier alpha value is -3.72. The molecule has 0 unspecified atom stereocenters. The summed E-state index contributed by atoms with van der Waals surface area (Å²) in [6, 6.07) is 19.9. The highest BCUT2D eigenvalue weighted by atomic mass is 35.5. The van der Waals surface area contributed by atoms with E-state index in [9.17, 15) is 18.0 Å². The van der Waals surface area contributed by atoms with E-state index in [-0.39, 0.29) is 22.7 Å². The molecule has 2 aromatic heterocycles. The molecule has 10 heteroatoms. The number of piperidine rings is 1. The normalized spacial score (nSPS) is 14.5. The summed E-state index contributed by atoms with van der Waals surface area (Å²) in [6.45, 7) is 4.59. The van der Waals surface area contributed by atoms with Gasteiger partial charge in [0.1, 0.15) is 11.4 Å². The van der Waals surface area contributed by atoms with Crippen molar-refractivity contribution in [3.05, 3.63) is 94.9 Å². The zero-order valence-corrected chi connectivity index (χ0v) is 22.1. The van der Waals surface area contributed by atoms with Crippen LogP contribution in [0.2, 0.25) is 5.15 Å². The van der Waals surface area contributed by atoms with Crippen LogP contribution in [0.5, 0.6) is 5.75 Å². The molecule has 5 rings (SSSR count). The monoisotopic (exact) mass is 556 g/mol. The topological polar surface area (TPSA) is 50.1 Å². The van der Waals surface area contributed by atoms with E-state index < -0.39 is 6.36 Å². The number of pyridine rings is 1. The third-order valence-corrected chi connectivity index (χ3v) is 7.38. The Labute approximate surface area is 229 Å². The van der Waals surface area contributed by atoms with Gasteiger partial charge in [0.2, 0.25) is 0 Å². The van der Waals surface area contributed by atoms with Crippen molar-refractivity contribution in [1.82, 2.24) is 14.3 Å². The number of rotatable bonds is 7. The molecule has 2 aromatic carbocycles. The lowest BCUT2D eigenvalue weighted by Gasteiger charge is -2.34. The molecule has 4 aromatic rings. The van der Waals surface area contributed by atoms with Gasteiger partial charge >= 0.3 is 6.36 Å². The van der Waals surface area contributed by atoms with Crippen LogP contribution in [0.15, 0.2) is 72.9 Å². The quantitative estimate of drug-likeness (QED) is 0.248. The van der Waals surface area contributed by atoms with Crippen LogP contribution in [0.3, 0.4) is 0 Å². The number of fused-ring (bicyclic) bond motifs is 1. The molecule has 1 aliphatic rings. The highest BCUT2D eigenvalue weighted by molar-refractivity contribution is 6.32. The van der Waals surface area contributed by atoms with Crippen LogP contribution in [0.25, 0.3) is 5.65 Å². The Kier molecular flexibility index (Phi) is 7.70. The van der Waals surface area contributed by atoms with Gasteiger partial charge in [-0.2, -0.15) is 0 Å². The van der Waals surface area contributed by atoms with Crippen molar-refractivity contribution in [2.24, 2.45) is 0 Å². The summed E-state index contributed by atoms with van der Waals surface area (Å²) in [5.74, 6) is -0.0878. The van der Waals surface area contributed by atoms with Crippen LogP contribution >= 0.6 is 11.6 Å². The van der Waals surface area contributed by atoms with Gasteiger partial charge in [-0.25, -0.2) is 4.98 Å². The Morgan fingerprint density at radius 1 is 1.05 bits per heavy atom. The average Bonchev–Trinajstić information content (AvgIpc) is 3.27. The molecule has 0 N–H and O–H groups in total. The summed E-state index contributed by atoms with van der Waals surface area (Å²) >= 11 is 6.32. The summed E-state index contributed by atoms with van der Waals surface area (Å²) in [7, 11) is 0. The van der Waals surface area contributed by atoms with Crippen molar-refractivity contribution in [1.29, 1.82) is 0 Å². The predicted octanol–water partition coefficient (Wildman–Crippen LogP) is 6.93. The Morgan fingerprint density at radius 3 is 2.38 bits per heavy atom. The lowest BCUT2D eigenvalue weighted by atomic mass is 9.89. The molecular weight excluding hydrogens is 529 g/mol. The number of anilines is 1. The van der Waals surface area contributed by atoms with E-state index >= 15 is 0 Å². The van der Waals surface area contributed by atoms with E-state index in [1.54, 1.807) is 27.6 Å². The number of benzene rings is 2. The third-order valence-electron chi connectivity index (χ3n) is 7.11. The molecule has 1 fully saturated rings.